The van der Waals surface area contributed by atoms with Gasteiger partial charge in [-0.2, -0.15) is 0 Å². The molecule has 0 aliphatic carbocycles. The van der Waals surface area contributed by atoms with E-state index in [1.807, 2.05) is 30.3 Å². The van der Waals surface area contributed by atoms with Crippen molar-refractivity contribution in [3.05, 3.63) is 51.1 Å². The van der Waals surface area contributed by atoms with Crippen molar-refractivity contribution < 1.29 is 10.0 Å². The van der Waals surface area contributed by atoms with Crippen molar-refractivity contribution >= 4 is 44.7 Å². The number of carbonyl (C=O) groups excluding carboxylic acids is 1. The molecule has 0 saturated carbocycles. The van der Waals surface area contributed by atoms with Crippen molar-refractivity contribution in [2.24, 2.45) is 10.9 Å². The number of oxime groups is 1. The van der Waals surface area contributed by atoms with Crippen LogP contribution in [0.4, 0.5) is 5.69 Å². The molecule has 1 heterocycles. The van der Waals surface area contributed by atoms with Gasteiger partial charge in [-0.3, -0.25) is 4.79 Å². The highest BCUT2D eigenvalue weighted by atomic mass is 79.9. The molecule has 0 fully saturated rings. The van der Waals surface area contributed by atoms with Gasteiger partial charge in [-0.05, 0) is 34.1 Å². The zero-order valence-corrected chi connectivity index (χ0v) is 13.5. The first-order valence-electron chi connectivity index (χ1n) is 6.19. The second kappa shape index (κ2) is 7.24. The molecule has 0 bridgehead atoms. The molecule has 0 saturated heterocycles. The van der Waals surface area contributed by atoms with E-state index in [0.717, 1.165) is 9.47 Å². The van der Waals surface area contributed by atoms with Crippen molar-refractivity contribution in [3.63, 3.8) is 0 Å². The van der Waals surface area contributed by atoms with Crippen LogP contribution in [0.1, 0.15) is 16.8 Å². The Balaban J connectivity index is 2.25. The van der Waals surface area contributed by atoms with Gasteiger partial charge >= 0.3 is 0 Å². The number of nitrogens with two attached hydrogens (primary N) is 1. The number of rotatable bonds is 5. The minimum absolute atomic E-state index is 0.0928. The highest BCUT2D eigenvalue weighted by Crippen LogP contribution is 2.24. The smallest absolute Gasteiger partial charge is 0.259 e. The molecule has 0 radical (unpaired) electrons. The van der Waals surface area contributed by atoms with Gasteiger partial charge in [-0.25, -0.2) is 0 Å². The van der Waals surface area contributed by atoms with Gasteiger partial charge in [0, 0.05) is 24.0 Å². The average Bonchev–Trinajstić information content (AvgIpc) is 2.94. The van der Waals surface area contributed by atoms with Gasteiger partial charge in [0.25, 0.3) is 5.91 Å². The van der Waals surface area contributed by atoms with Gasteiger partial charge in [0.05, 0.1) is 9.35 Å². The molecule has 0 atom stereocenters. The second-order valence-corrected chi connectivity index (χ2v) is 6.56. The van der Waals surface area contributed by atoms with Crippen LogP contribution in [-0.2, 0) is 0 Å². The number of anilines is 1. The lowest BCUT2D eigenvalue weighted by atomic mass is 10.2. The van der Waals surface area contributed by atoms with Crippen molar-refractivity contribution in [2.45, 2.75) is 6.42 Å². The summed E-state index contributed by atoms with van der Waals surface area (Å²) in [5, 5.41) is 13.4. The summed E-state index contributed by atoms with van der Waals surface area (Å²) in [5.41, 5.74) is 6.88. The van der Waals surface area contributed by atoms with E-state index < -0.39 is 0 Å². The van der Waals surface area contributed by atoms with Crippen molar-refractivity contribution in [1.29, 1.82) is 0 Å². The normalized spacial score (nSPS) is 11.4. The summed E-state index contributed by atoms with van der Waals surface area (Å²) in [5.74, 6) is -0.0240. The molecule has 1 aromatic carbocycles. The van der Waals surface area contributed by atoms with Crippen LogP contribution in [0.25, 0.3) is 0 Å². The number of para-hydroxylation sites is 1. The highest BCUT2D eigenvalue weighted by Gasteiger charge is 2.19. The Morgan fingerprint density at radius 2 is 2.10 bits per heavy atom. The van der Waals surface area contributed by atoms with Crippen LogP contribution >= 0.6 is 27.3 Å². The average molecular weight is 368 g/mol. The first-order chi connectivity index (χ1) is 10.1. The fourth-order valence-electron chi connectivity index (χ4n) is 1.81. The van der Waals surface area contributed by atoms with Crippen LogP contribution in [-0.4, -0.2) is 23.5 Å². The van der Waals surface area contributed by atoms with E-state index in [2.05, 4.69) is 21.1 Å². The third kappa shape index (κ3) is 4.05. The van der Waals surface area contributed by atoms with E-state index in [-0.39, 0.29) is 11.7 Å². The minimum atomic E-state index is -0.117. The lowest BCUT2D eigenvalue weighted by Gasteiger charge is -2.22. The molecular formula is C14H14BrN3O2S. The number of amides is 1. The maximum absolute atomic E-state index is 12.6. The summed E-state index contributed by atoms with van der Waals surface area (Å²) in [6.07, 6.45) is 0.294. The Morgan fingerprint density at radius 1 is 1.38 bits per heavy atom. The summed E-state index contributed by atoms with van der Waals surface area (Å²) >= 11 is 4.81. The SMILES string of the molecule is N/C(CCN(C(=O)c1csc(Br)c1)c1ccccc1)=N/O. The molecule has 0 spiro atoms. The van der Waals surface area contributed by atoms with Crippen LogP contribution < -0.4 is 10.6 Å². The van der Waals surface area contributed by atoms with Crippen LogP contribution in [0.5, 0.6) is 0 Å². The zero-order chi connectivity index (χ0) is 15.2. The number of amidine groups is 1. The molecule has 1 aromatic heterocycles. The standard InChI is InChI=1S/C14H14BrN3O2S/c15-12-8-10(9-21-12)14(19)18(7-6-13(16)17-20)11-4-2-1-3-5-11/h1-5,8-9,20H,6-7H2,(H2,16,17). The molecule has 2 aromatic rings. The molecule has 5 nitrogen and oxygen atoms in total. The molecule has 2 rings (SSSR count). The molecule has 1 amide bonds. The second-order valence-electron chi connectivity index (χ2n) is 4.27. The lowest BCUT2D eigenvalue weighted by molar-refractivity contribution is 0.0988. The molecule has 7 heteroatoms. The monoisotopic (exact) mass is 367 g/mol. The Kier molecular flexibility index (Phi) is 5.35. The van der Waals surface area contributed by atoms with E-state index in [0.29, 0.717) is 18.5 Å². The number of benzene rings is 1. The molecule has 21 heavy (non-hydrogen) atoms. The van der Waals surface area contributed by atoms with Gasteiger partial charge in [0.15, 0.2) is 0 Å². The highest BCUT2D eigenvalue weighted by molar-refractivity contribution is 9.11. The van der Waals surface area contributed by atoms with Gasteiger partial charge in [0.2, 0.25) is 0 Å². The predicted octanol–water partition coefficient (Wildman–Crippen LogP) is 3.29. The molecule has 0 aliphatic rings. The van der Waals surface area contributed by atoms with Crippen molar-refractivity contribution in [3.8, 4) is 0 Å². The molecule has 0 aliphatic heterocycles. The Hall–Kier alpha value is -1.86. The third-order valence-electron chi connectivity index (χ3n) is 2.85. The number of thiophene rings is 1. The van der Waals surface area contributed by atoms with E-state index >= 15 is 0 Å². The van der Waals surface area contributed by atoms with Crippen molar-refractivity contribution in [2.75, 3.05) is 11.4 Å². The summed E-state index contributed by atoms with van der Waals surface area (Å²) < 4.78 is 0.898. The molecule has 3 N–H and O–H groups in total. The number of nitrogens with zero attached hydrogens (tertiary/aromatic N) is 2. The van der Waals surface area contributed by atoms with Crippen LogP contribution in [0.15, 0.2) is 50.7 Å². The van der Waals surface area contributed by atoms with E-state index in [1.54, 1.807) is 16.3 Å². The fraction of sp³-hybridized carbons (Fsp3) is 0.143. The third-order valence-corrected chi connectivity index (χ3v) is 4.35. The summed E-state index contributed by atoms with van der Waals surface area (Å²) in [4.78, 5) is 14.2. The molecule has 110 valence electrons. The number of halogens is 1. The van der Waals surface area contributed by atoms with E-state index in [4.69, 9.17) is 10.9 Å². The maximum atomic E-state index is 12.6. The topological polar surface area (TPSA) is 78.9 Å². The fourth-order valence-corrected chi connectivity index (χ4v) is 2.94. The summed E-state index contributed by atoms with van der Waals surface area (Å²) in [7, 11) is 0. The largest absolute Gasteiger partial charge is 0.409 e. The number of hydrogen-bond donors (Lipinski definition) is 2. The summed E-state index contributed by atoms with van der Waals surface area (Å²) in [6, 6.07) is 11.1. The quantitative estimate of drug-likeness (QED) is 0.368. The Bertz CT molecular complexity index is 643. The first kappa shape index (κ1) is 15.5. The van der Waals surface area contributed by atoms with Gasteiger partial charge in [0.1, 0.15) is 5.84 Å². The van der Waals surface area contributed by atoms with Crippen LogP contribution in [0.2, 0.25) is 0 Å². The molecule has 0 unspecified atom stereocenters. The van der Waals surface area contributed by atoms with Crippen LogP contribution in [0, 0.1) is 0 Å². The zero-order valence-electron chi connectivity index (χ0n) is 11.1. The summed E-state index contributed by atoms with van der Waals surface area (Å²) in [6.45, 7) is 0.339. The number of hydrogen-bond acceptors (Lipinski definition) is 4. The maximum Gasteiger partial charge on any atom is 0.259 e. The van der Waals surface area contributed by atoms with Gasteiger partial charge in [-0.15, -0.1) is 11.3 Å². The molecular weight excluding hydrogens is 354 g/mol. The van der Waals surface area contributed by atoms with Gasteiger partial charge < -0.3 is 15.8 Å². The van der Waals surface area contributed by atoms with E-state index in [1.165, 1.54) is 11.3 Å². The van der Waals surface area contributed by atoms with E-state index in [9.17, 15) is 4.79 Å². The predicted molar refractivity (Wildman–Crippen MR) is 88.2 cm³/mol. The number of carbonyl (C=O) groups is 1. The van der Waals surface area contributed by atoms with Gasteiger partial charge in [-0.1, -0.05) is 23.4 Å². The minimum Gasteiger partial charge on any atom is -0.409 e. The lowest BCUT2D eigenvalue weighted by Crippen LogP contribution is -2.33. The Labute approximate surface area is 134 Å². The van der Waals surface area contributed by atoms with Crippen LogP contribution in [0.3, 0.4) is 0 Å². The first-order valence-corrected chi connectivity index (χ1v) is 7.86. The van der Waals surface area contributed by atoms with Crippen molar-refractivity contribution in [1.82, 2.24) is 0 Å². The Morgan fingerprint density at radius 3 is 2.67 bits per heavy atom.